The number of carbonyl (C=O) groups excluding carboxylic acids is 6. The Morgan fingerprint density at radius 2 is 0.561 bits per heavy atom. The number of phenols is 1. The number of carboxylic acids is 1. The van der Waals surface area contributed by atoms with Crippen LogP contribution in [0.3, 0.4) is 0 Å². The molecule has 12 aromatic carbocycles. The maximum Gasteiger partial charge on any atom is 0.341 e. The molecule has 0 radical (unpaired) electrons. The first-order valence-corrected chi connectivity index (χ1v) is 51.1. The van der Waals surface area contributed by atoms with Gasteiger partial charge in [0.15, 0.2) is 6.61 Å². The van der Waals surface area contributed by atoms with Gasteiger partial charge in [-0.1, -0.05) is 307 Å². The van der Waals surface area contributed by atoms with E-state index in [9.17, 15) is 38.7 Å². The molecule has 0 aliphatic carbocycles. The van der Waals surface area contributed by atoms with Crippen LogP contribution in [0.4, 0.5) is 39.8 Å². The highest BCUT2D eigenvalue weighted by molar-refractivity contribution is 5.94. The highest BCUT2D eigenvalue weighted by atomic mass is 16.5. The summed E-state index contributed by atoms with van der Waals surface area (Å²) in [5.41, 5.74) is 27.7. The molecule has 12 aromatic rings. The monoisotopic (exact) mass is 2010 g/mol. The molecule has 0 saturated heterocycles. The van der Waals surface area contributed by atoms with Crippen molar-refractivity contribution in [3.8, 4) is 28.7 Å². The molecular weight excluding hydrogens is 1850 g/mol. The van der Waals surface area contributed by atoms with Crippen LogP contribution in [0.15, 0.2) is 285 Å². The fraction of sp³-hybridized carbons (Fsp3) is 0.368. The quantitative estimate of drug-likeness (QED) is 0.0161. The van der Waals surface area contributed by atoms with Crippen molar-refractivity contribution in [3.63, 3.8) is 0 Å². The third-order valence-electron chi connectivity index (χ3n) is 24.1. The molecule has 148 heavy (non-hydrogen) atoms. The number of phenolic OH excluding ortho intramolecular Hbond substituents is 1. The number of carboxylic acid groups (broad SMARTS) is 1. The maximum atomic E-state index is 12.2. The van der Waals surface area contributed by atoms with Gasteiger partial charge in [0.05, 0.1) is 13.2 Å². The summed E-state index contributed by atoms with van der Waals surface area (Å²) < 4.78 is 26.4. The number of amides is 6. The van der Waals surface area contributed by atoms with Crippen molar-refractivity contribution in [1.29, 1.82) is 0 Å². The molecule has 1 aliphatic rings. The van der Waals surface area contributed by atoms with Gasteiger partial charge in [0, 0.05) is 130 Å². The minimum atomic E-state index is -1.04. The van der Waals surface area contributed by atoms with Crippen LogP contribution >= 0.6 is 0 Å². The number of methoxy groups -OCH3 is 1. The van der Waals surface area contributed by atoms with E-state index in [4.69, 9.17) is 39.6 Å². The molecule has 0 aromatic heterocycles. The average molecular weight is 2010 g/mol. The van der Waals surface area contributed by atoms with Crippen LogP contribution < -0.4 is 61.9 Å². The zero-order chi connectivity index (χ0) is 108. The number of aromatic hydroxyl groups is 1. The van der Waals surface area contributed by atoms with Gasteiger partial charge in [0.2, 0.25) is 35.4 Å². The molecule has 13 rings (SSSR count). The number of nitrogens with one attached hydrogen (secondary N) is 7. The Bertz CT molecular complexity index is 6030. The average Bonchev–Trinajstić information content (AvgIpc) is 1.74. The summed E-state index contributed by atoms with van der Waals surface area (Å²) in [6, 6.07) is 92.2. The van der Waals surface area contributed by atoms with Crippen LogP contribution in [-0.4, -0.2) is 117 Å². The van der Waals surface area contributed by atoms with E-state index in [0.29, 0.717) is 118 Å². The van der Waals surface area contributed by atoms with Crippen molar-refractivity contribution in [2.75, 3.05) is 97.1 Å². The summed E-state index contributed by atoms with van der Waals surface area (Å²) in [4.78, 5) is 83.3. The van der Waals surface area contributed by atoms with Crippen LogP contribution in [0.25, 0.3) is 0 Å². The number of carbonyl (C=O) groups is 7. The number of benzene rings is 12. The molecule has 0 bridgehead atoms. The Labute approximate surface area is 879 Å². The first-order valence-electron chi connectivity index (χ1n) is 51.1. The van der Waals surface area contributed by atoms with Gasteiger partial charge in [-0.3, -0.25) is 28.8 Å². The number of fused-ring (bicyclic) bond motifs is 1. The Hall–Kier alpha value is -14.4. The molecule has 0 fully saturated rings. The minimum absolute atomic E-state index is 0. The molecule has 790 valence electrons. The summed E-state index contributed by atoms with van der Waals surface area (Å²) in [6.07, 6.45) is 7.95. The summed E-state index contributed by atoms with van der Waals surface area (Å²) in [5.74, 6) is 1.45. The normalized spacial score (nSPS) is 11.5. The van der Waals surface area contributed by atoms with Crippen LogP contribution in [0.1, 0.15) is 237 Å². The third kappa shape index (κ3) is 45.3. The number of anilines is 7. The predicted molar refractivity (Wildman–Crippen MR) is 605 cm³/mol. The van der Waals surface area contributed by atoms with Crippen molar-refractivity contribution in [1.82, 2.24) is 0 Å². The van der Waals surface area contributed by atoms with E-state index < -0.39 is 12.6 Å². The smallest absolute Gasteiger partial charge is 0.341 e. The Morgan fingerprint density at radius 3 is 0.811 bits per heavy atom. The van der Waals surface area contributed by atoms with E-state index in [-0.39, 0.29) is 88.3 Å². The van der Waals surface area contributed by atoms with Gasteiger partial charge in [-0.2, -0.15) is 0 Å². The molecule has 6 amide bonds. The van der Waals surface area contributed by atoms with Crippen LogP contribution in [-0.2, 0) is 116 Å². The third-order valence-corrected chi connectivity index (χ3v) is 24.1. The van der Waals surface area contributed by atoms with Gasteiger partial charge in [-0.05, 0) is 223 Å². The van der Waals surface area contributed by atoms with E-state index in [0.717, 1.165) is 77.4 Å². The second kappa shape index (κ2) is 58.8. The summed E-state index contributed by atoms with van der Waals surface area (Å²) in [7, 11) is 1.64. The Kier molecular flexibility index (Phi) is 47.2. The van der Waals surface area contributed by atoms with Crippen molar-refractivity contribution in [3.05, 3.63) is 357 Å². The second-order valence-electron chi connectivity index (χ2n) is 42.9. The topological polar surface area (TPSA) is 337 Å². The van der Waals surface area contributed by atoms with E-state index in [1.165, 1.54) is 61.7 Å². The number of ether oxygens (including phenoxy) is 5. The lowest BCUT2D eigenvalue weighted by Crippen LogP contribution is -2.13. The van der Waals surface area contributed by atoms with Crippen LogP contribution in [0.5, 0.6) is 28.7 Å². The summed E-state index contributed by atoms with van der Waals surface area (Å²) >= 11 is 0. The lowest BCUT2D eigenvalue weighted by molar-refractivity contribution is -0.139. The van der Waals surface area contributed by atoms with E-state index >= 15 is 0 Å². The number of hydrogen-bond acceptors (Lipinski definition) is 16. The molecule has 0 saturated carbocycles. The van der Waals surface area contributed by atoms with E-state index in [1.54, 1.807) is 61.7 Å². The number of aryl methyl sites for hydroxylation is 6. The number of aliphatic hydroxyl groups is 1. The molecule has 12 N–H and O–H groups in total. The lowest BCUT2D eigenvalue weighted by atomic mass is 9.86. The van der Waals surface area contributed by atoms with Crippen LogP contribution in [0.2, 0.25) is 0 Å². The number of hydrogen-bond donors (Lipinski definition) is 11. The molecule has 1 aliphatic heterocycles. The SMILES string of the molecule is CC(C)(C)c1ccc(CCC(=O)Nc2ccc3c(c2)NCC3)cc1.CC(C)(C)c1ccc(CCC(=O)Nc2cccc(O)c2)cc1.CC(C)(C)c1ccc(CCC(=O)Nc2cccc(OCC(=O)O)c2)cc1.CC(C)(C)c1ccc(CCC(=O)Nc2cccc(OCCN)c2)cc1.CC(C)(C)c1ccc(CCC(=O)Nc2cccc(OCCO)c2)cc1.COCCOc1cccc(NC(=O)CCc2ccc(C(C)(C)C)cc2)c1.[HH]. The van der Waals surface area contributed by atoms with Gasteiger partial charge < -0.3 is 82.0 Å². The van der Waals surface area contributed by atoms with Crippen molar-refractivity contribution in [2.45, 2.75) is 241 Å². The molecule has 23 nitrogen and oxygen atoms in total. The highest BCUT2D eigenvalue weighted by Crippen LogP contribution is 2.33. The first-order chi connectivity index (χ1) is 70.1. The molecular formula is C125H160N8O15. The summed E-state index contributed by atoms with van der Waals surface area (Å²) in [6.45, 7) is 42.1. The fourth-order valence-electron chi connectivity index (χ4n) is 15.3. The standard InChI is InChI=1S/C22H29NO3.C21H28N2O2.C21H26N2O.C21H25NO4.C21H27NO3.C19H23NO2.H2/c1-22(2,3)18-11-8-17(9-12-18)10-13-21(24)23-19-6-5-7-20(16-19)26-15-14-25-4;1-21(2,3)17-10-7-16(8-11-17)9-12-20(24)23-18-5-4-6-19(15-18)25-14-13-22;1-21(2,3)17-8-4-15(5-9-17)6-11-20(24)23-18-10-7-16-12-13-22-19(16)14-18;1-21(2,3)16-10-7-15(8-11-16)9-12-19(23)22-17-5-4-6-18(13-17)26-14-20(24)25;1-21(2,3)17-10-7-16(8-11-17)9-12-20(24)22-18-5-4-6-19(15-18)25-14-13-23;1-19(2,3)15-10-7-14(8-11-15)9-12-18(22)20-16-5-4-6-17(21)13-16;/h5-9,11-12,16H,10,13-15H2,1-4H3,(H,23,24);4-8,10-11,15H,9,12-14,22H2,1-3H3,(H,23,24);4-5,7-10,14,22H,6,11-13H2,1-3H3,(H,23,24);4-8,10-11,13H,9,12,14H2,1-3H3,(H,22,23)(H,24,25);4-8,10-11,15,23H,9,12-14H2,1-3H3,(H,22,24);4-8,10-11,13,21H,9,12H2,1-3H3,(H,20,22);1H. The summed E-state index contributed by atoms with van der Waals surface area (Å²) in [5, 5.41) is 47.5. The molecule has 0 atom stereocenters. The Morgan fingerprint density at radius 1 is 0.311 bits per heavy atom. The fourth-order valence-corrected chi connectivity index (χ4v) is 15.3. The van der Waals surface area contributed by atoms with Gasteiger partial charge >= 0.3 is 5.97 Å². The van der Waals surface area contributed by atoms with E-state index in [1.807, 2.05) is 72.8 Å². The van der Waals surface area contributed by atoms with Crippen LogP contribution in [0, 0.1) is 0 Å². The van der Waals surface area contributed by atoms with Gasteiger partial charge in [0.1, 0.15) is 48.6 Å². The number of aliphatic hydroxyl groups excluding tert-OH is 1. The van der Waals surface area contributed by atoms with Crippen molar-refractivity contribution >= 4 is 81.2 Å². The van der Waals surface area contributed by atoms with Gasteiger partial charge in [0.25, 0.3) is 0 Å². The predicted octanol–water partition coefficient (Wildman–Crippen LogP) is 25.4. The van der Waals surface area contributed by atoms with Gasteiger partial charge in [-0.15, -0.1) is 0 Å². The number of nitrogens with two attached hydrogens (primary N) is 1. The van der Waals surface area contributed by atoms with Crippen molar-refractivity contribution < 1.29 is 74.0 Å². The van der Waals surface area contributed by atoms with Crippen molar-refractivity contribution in [2.24, 2.45) is 5.73 Å². The first kappa shape index (κ1) is 119. The molecule has 1 heterocycles. The molecule has 0 unspecified atom stereocenters. The zero-order valence-electron chi connectivity index (χ0n) is 90.3. The number of rotatable bonds is 37. The zero-order valence-corrected chi connectivity index (χ0v) is 90.3. The highest BCUT2D eigenvalue weighted by Gasteiger charge is 2.22. The number of aliphatic carboxylic acids is 1. The second-order valence-corrected chi connectivity index (χ2v) is 42.9. The maximum absolute atomic E-state index is 12.2. The van der Waals surface area contributed by atoms with E-state index in [2.05, 4.69) is 314 Å². The lowest BCUT2D eigenvalue weighted by Gasteiger charge is -2.19. The Balaban J connectivity index is 0.000000242. The molecule has 23 heteroatoms. The van der Waals surface area contributed by atoms with Gasteiger partial charge in [-0.25, -0.2) is 4.79 Å². The largest absolute Gasteiger partial charge is 0.508 e. The molecule has 0 spiro atoms. The minimum Gasteiger partial charge on any atom is -0.508 e.